The van der Waals surface area contributed by atoms with E-state index in [1.54, 1.807) is 37.4 Å². The highest BCUT2D eigenvalue weighted by Crippen LogP contribution is 2.39. The van der Waals surface area contributed by atoms with Crippen molar-refractivity contribution < 1.29 is 24.1 Å². The minimum absolute atomic E-state index is 0.0148. The molecule has 0 aliphatic carbocycles. The van der Waals surface area contributed by atoms with E-state index in [0.29, 0.717) is 22.8 Å². The standard InChI is InChI=1S/C17H16O5/c1-20-11-4-5-12-14(19)9-15(22-16(12)8-11)10-3-6-13(18)17(7-10)21-2/h3-8,15,18H,9H2,1-2H3. The van der Waals surface area contributed by atoms with Gasteiger partial charge >= 0.3 is 0 Å². The lowest BCUT2D eigenvalue weighted by Gasteiger charge is -2.26. The van der Waals surface area contributed by atoms with E-state index in [4.69, 9.17) is 14.2 Å². The number of phenols is 1. The van der Waals surface area contributed by atoms with Crippen molar-refractivity contribution in [3.05, 3.63) is 47.5 Å². The van der Waals surface area contributed by atoms with E-state index >= 15 is 0 Å². The fourth-order valence-corrected chi connectivity index (χ4v) is 2.51. The molecule has 1 heterocycles. The zero-order valence-corrected chi connectivity index (χ0v) is 12.3. The van der Waals surface area contributed by atoms with Gasteiger partial charge in [0.2, 0.25) is 0 Å². The Kier molecular flexibility index (Phi) is 3.63. The van der Waals surface area contributed by atoms with Gasteiger partial charge in [-0.2, -0.15) is 0 Å². The van der Waals surface area contributed by atoms with Crippen molar-refractivity contribution in [2.45, 2.75) is 12.5 Å². The van der Waals surface area contributed by atoms with Crippen molar-refractivity contribution in [1.82, 2.24) is 0 Å². The van der Waals surface area contributed by atoms with E-state index in [1.165, 1.54) is 13.2 Å². The quantitative estimate of drug-likeness (QED) is 0.943. The van der Waals surface area contributed by atoms with Gasteiger partial charge in [-0.05, 0) is 29.8 Å². The number of carbonyl (C=O) groups is 1. The van der Waals surface area contributed by atoms with Gasteiger partial charge in [0.1, 0.15) is 17.6 Å². The van der Waals surface area contributed by atoms with Gasteiger partial charge in [-0.15, -0.1) is 0 Å². The molecule has 0 amide bonds. The average Bonchev–Trinajstić information content (AvgIpc) is 2.54. The summed E-state index contributed by atoms with van der Waals surface area (Å²) in [5, 5.41) is 9.66. The second kappa shape index (κ2) is 5.60. The van der Waals surface area contributed by atoms with Crippen LogP contribution in [0.2, 0.25) is 0 Å². The summed E-state index contributed by atoms with van der Waals surface area (Å²) >= 11 is 0. The Morgan fingerprint density at radius 1 is 1.14 bits per heavy atom. The first-order chi connectivity index (χ1) is 10.6. The van der Waals surface area contributed by atoms with E-state index in [0.717, 1.165) is 5.56 Å². The van der Waals surface area contributed by atoms with E-state index in [1.807, 2.05) is 0 Å². The fraction of sp³-hybridized carbons (Fsp3) is 0.235. The number of hydrogen-bond acceptors (Lipinski definition) is 5. The SMILES string of the molecule is COc1ccc2c(c1)OC(c1ccc(O)c(OC)c1)CC2=O. The van der Waals surface area contributed by atoms with Crippen LogP contribution in [0.5, 0.6) is 23.0 Å². The van der Waals surface area contributed by atoms with Crippen LogP contribution >= 0.6 is 0 Å². The number of ether oxygens (including phenoxy) is 3. The molecule has 1 unspecified atom stereocenters. The zero-order chi connectivity index (χ0) is 15.7. The highest BCUT2D eigenvalue weighted by molar-refractivity contribution is 6.00. The number of rotatable bonds is 3. The van der Waals surface area contributed by atoms with E-state index in [9.17, 15) is 9.90 Å². The molecule has 0 aromatic heterocycles. The molecule has 0 spiro atoms. The molecule has 0 radical (unpaired) electrons. The van der Waals surface area contributed by atoms with Crippen LogP contribution in [0, 0.1) is 0 Å². The van der Waals surface area contributed by atoms with Crippen LogP contribution in [-0.2, 0) is 0 Å². The molecule has 1 aliphatic heterocycles. The molecular weight excluding hydrogens is 284 g/mol. The summed E-state index contributed by atoms with van der Waals surface area (Å²) in [5.74, 6) is 1.56. The molecule has 2 aromatic carbocycles. The van der Waals surface area contributed by atoms with Crippen LogP contribution in [0.1, 0.15) is 28.4 Å². The summed E-state index contributed by atoms with van der Waals surface area (Å²) < 4.78 is 16.2. The molecule has 0 fully saturated rings. The van der Waals surface area contributed by atoms with Crippen LogP contribution in [0.25, 0.3) is 0 Å². The number of methoxy groups -OCH3 is 2. The van der Waals surface area contributed by atoms with Gasteiger partial charge < -0.3 is 19.3 Å². The molecule has 22 heavy (non-hydrogen) atoms. The third kappa shape index (κ3) is 2.45. The monoisotopic (exact) mass is 300 g/mol. The van der Waals surface area contributed by atoms with E-state index in [2.05, 4.69) is 0 Å². The largest absolute Gasteiger partial charge is 0.504 e. The molecule has 1 N–H and O–H groups in total. The smallest absolute Gasteiger partial charge is 0.170 e. The molecule has 3 rings (SSSR count). The number of benzene rings is 2. The number of Topliss-reactive ketones (excluding diaryl/α,β-unsaturated/α-hetero) is 1. The first kappa shape index (κ1) is 14.3. The number of phenolic OH excluding ortho intramolecular Hbond substituents is 1. The lowest BCUT2D eigenvalue weighted by Crippen LogP contribution is -2.20. The Balaban J connectivity index is 1.96. The highest BCUT2D eigenvalue weighted by Gasteiger charge is 2.28. The second-order valence-corrected chi connectivity index (χ2v) is 5.03. The van der Waals surface area contributed by atoms with Crippen LogP contribution in [-0.4, -0.2) is 25.1 Å². The Morgan fingerprint density at radius 3 is 2.68 bits per heavy atom. The van der Waals surface area contributed by atoms with Gasteiger partial charge in [-0.25, -0.2) is 0 Å². The summed E-state index contributed by atoms with van der Waals surface area (Å²) in [5.41, 5.74) is 1.33. The molecule has 0 saturated heterocycles. The van der Waals surface area contributed by atoms with Gasteiger partial charge in [0.15, 0.2) is 17.3 Å². The van der Waals surface area contributed by atoms with Crippen LogP contribution in [0.15, 0.2) is 36.4 Å². The topological polar surface area (TPSA) is 65.0 Å². The molecule has 5 nitrogen and oxygen atoms in total. The Bertz CT molecular complexity index is 723. The van der Waals surface area contributed by atoms with Gasteiger partial charge in [-0.1, -0.05) is 6.07 Å². The predicted octanol–water partition coefficient (Wildman–Crippen LogP) is 3.12. The summed E-state index contributed by atoms with van der Waals surface area (Å²) in [7, 11) is 3.04. The second-order valence-electron chi connectivity index (χ2n) is 5.03. The average molecular weight is 300 g/mol. The Morgan fingerprint density at radius 2 is 1.95 bits per heavy atom. The third-order valence-corrected chi connectivity index (χ3v) is 3.70. The lowest BCUT2D eigenvalue weighted by molar-refractivity contribution is 0.0849. The predicted molar refractivity (Wildman–Crippen MR) is 80.0 cm³/mol. The van der Waals surface area contributed by atoms with Gasteiger partial charge in [0.05, 0.1) is 26.2 Å². The maximum absolute atomic E-state index is 12.3. The first-order valence-corrected chi connectivity index (χ1v) is 6.87. The number of ketones is 1. The maximum Gasteiger partial charge on any atom is 0.170 e. The van der Waals surface area contributed by atoms with E-state index < -0.39 is 6.10 Å². The third-order valence-electron chi connectivity index (χ3n) is 3.70. The van der Waals surface area contributed by atoms with Crippen molar-refractivity contribution in [2.75, 3.05) is 14.2 Å². The minimum atomic E-state index is -0.415. The first-order valence-electron chi connectivity index (χ1n) is 6.87. The highest BCUT2D eigenvalue weighted by atomic mass is 16.5. The molecule has 5 heteroatoms. The summed E-state index contributed by atoms with van der Waals surface area (Å²) in [6.45, 7) is 0. The number of hydrogen-bond donors (Lipinski definition) is 1. The number of fused-ring (bicyclic) bond motifs is 1. The van der Waals surface area contributed by atoms with Crippen molar-refractivity contribution in [1.29, 1.82) is 0 Å². The molecule has 114 valence electrons. The summed E-state index contributed by atoms with van der Waals surface area (Å²) in [4.78, 5) is 12.3. The van der Waals surface area contributed by atoms with Crippen molar-refractivity contribution >= 4 is 5.78 Å². The summed E-state index contributed by atoms with van der Waals surface area (Å²) in [6, 6.07) is 10.1. The Labute approximate surface area is 128 Å². The van der Waals surface area contributed by atoms with Crippen molar-refractivity contribution in [2.24, 2.45) is 0 Å². The van der Waals surface area contributed by atoms with Crippen LogP contribution in [0.3, 0.4) is 0 Å². The molecule has 0 bridgehead atoms. The minimum Gasteiger partial charge on any atom is -0.504 e. The van der Waals surface area contributed by atoms with Crippen molar-refractivity contribution in [3.8, 4) is 23.0 Å². The molecule has 2 aromatic rings. The molecular formula is C17H16O5. The normalized spacial score (nSPS) is 16.6. The van der Waals surface area contributed by atoms with Crippen LogP contribution in [0.4, 0.5) is 0 Å². The van der Waals surface area contributed by atoms with E-state index in [-0.39, 0.29) is 18.0 Å². The fourth-order valence-electron chi connectivity index (χ4n) is 2.51. The lowest BCUT2D eigenvalue weighted by atomic mass is 9.96. The van der Waals surface area contributed by atoms with Crippen LogP contribution < -0.4 is 14.2 Å². The van der Waals surface area contributed by atoms with Crippen molar-refractivity contribution in [3.63, 3.8) is 0 Å². The number of carbonyl (C=O) groups excluding carboxylic acids is 1. The molecule has 0 saturated carbocycles. The van der Waals surface area contributed by atoms with Gasteiger partial charge in [-0.3, -0.25) is 4.79 Å². The van der Waals surface area contributed by atoms with Gasteiger partial charge in [0, 0.05) is 6.07 Å². The zero-order valence-electron chi connectivity index (χ0n) is 12.3. The summed E-state index contributed by atoms with van der Waals surface area (Å²) in [6.07, 6.45) is -0.172. The maximum atomic E-state index is 12.3. The number of aromatic hydroxyl groups is 1. The molecule has 1 atom stereocenters. The Hall–Kier alpha value is -2.69. The van der Waals surface area contributed by atoms with Gasteiger partial charge in [0.25, 0.3) is 0 Å². The molecule has 1 aliphatic rings.